The Morgan fingerprint density at radius 3 is 2.59 bits per heavy atom. The largest absolute Gasteiger partial charge is 0.369 e. The van der Waals surface area contributed by atoms with Crippen molar-refractivity contribution >= 4 is 23.2 Å². The fourth-order valence-corrected chi connectivity index (χ4v) is 4.08. The number of amides is 2. The van der Waals surface area contributed by atoms with E-state index in [1.807, 2.05) is 28.0 Å². The summed E-state index contributed by atoms with van der Waals surface area (Å²) in [5.74, 6) is 0.814. The van der Waals surface area contributed by atoms with E-state index in [4.69, 9.17) is 0 Å². The molecule has 5 heteroatoms. The van der Waals surface area contributed by atoms with Crippen molar-refractivity contribution in [3.05, 3.63) is 24.3 Å². The molecule has 1 fully saturated rings. The van der Waals surface area contributed by atoms with Gasteiger partial charge in [0.05, 0.1) is 11.4 Å². The van der Waals surface area contributed by atoms with Crippen molar-refractivity contribution in [1.29, 1.82) is 0 Å². The van der Waals surface area contributed by atoms with Crippen molar-refractivity contribution in [3.8, 4) is 0 Å². The monoisotopic (exact) mass is 371 g/mol. The summed E-state index contributed by atoms with van der Waals surface area (Å²) in [4.78, 5) is 29.9. The molecule has 2 amide bonds. The number of fused-ring (bicyclic) bond motifs is 1. The zero-order chi connectivity index (χ0) is 19.4. The summed E-state index contributed by atoms with van der Waals surface area (Å²) in [6.45, 7) is 8.45. The number of hydrogen-bond donors (Lipinski definition) is 1. The molecule has 2 aliphatic rings. The molecule has 1 saturated heterocycles. The summed E-state index contributed by atoms with van der Waals surface area (Å²) in [6, 6.07) is 8.08. The van der Waals surface area contributed by atoms with Crippen LogP contribution >= 0.6 is 0 Å². The Morgan fingerprint density at radius 2 is 1.93 bits per heavy atom. The van der Waals surface area contributed by atoms with Gasteiger partial charge in [-0.3, -0.25) is 9.59 Å². The van der Waals surface area contributed by atoms with Crippen LogP contribution in [0.5, 0.6) is 0 Å². The predicted molar refractivity (Wildman–Crippen MR) is 110 cm³/mol. The number of carbonyl (C=O) groups excluding carboxylic acids is 2. The second-order valence-electron chi connectivity index (χ2n) is 8.13. The maximum atomic E-state index is 13.4. The minimum Gasteiger partial charge on any atom is -0.369 e. The van der Waals surface area contributed by atoms with Crippen LogP contribution in [0.15, 0.2) is 24.3 Å². The molecular formula is C22H33N3O2. The third-order valence-electron chi connectivity index (χ3n) is 6.15. The zero-order valence-electron chi connectivity index (χ0n) is 17.0. The topological polar surface area (TPSA) is 52.7 Å². The van der Waals surface area contributed by atoms with E-state index in [-0.39, 0.29) is 11.8 Å². The molecule has 1 atom stereocenters. The third-order valence-corrected chi connectivity index (χ3v) is 6.15. The smallest absolute Gasteiger partial charge is 0.252 e. The maximum Gasteiger partial charge on any atom is 0.252 e. The van der Waals surface area contributed by atoms with Crippen LogP contribution in [0.25, 0.3) is 0 Å². The minimum absolute atomic E-state index is 0.170. The number of nitrogens with zero attached hydrogens (tertiary/aromatic N) is 2. The van der Waals surface area contributed by atoms with Crippen molar-refractivity contribution in [2.75, 3.05) is 29.9 Å². The van der Waals surface area contributed by atoms with Gasteiger partial charge in [-0.1, -0.05) is 45.7 Å². The van der Waals surface area contributed by atoms with Gasteiger partial charge in [-0.25, -0.2) is 0 Å². The summed E-state index contributed by atoms with van der Waals surface area (Å²) in [5, 5.41) is 3.55. The molecule has 1 aromatic rings. The fourth-order valence-electron chi connectivity index (χ4n) is 4.08. The Hall–Kier alpha value is -2.04. The van der Waals surface area contributed by atoms with Crippen molar-refractivity contribution < 1.29 is 9.59 Å². The van der Waals surface area contributed by atoms with Gasteiger partial charge in [-0.05, 0) is 37.3 Å². The van der Waals surface area contributed by atoms with E-state index in [9.17, 15) is 9.59 Å². The Morgan fingerprint density at radius 1 is 1.22 bits per heavy atom. The summed E-state index contributed by atoms with van der Waals surface area (Å²) in [7, 11) is 0. The summed E-state index contributed by atoms with van der Waals surface area (Å²) >= 11 is 0. The van der Waals surface area contributed by atoms with Crippen LogP contribution in [0, 0.1) is 5.92 Å². The van der Waals surface area contributed by atoms with Gasteiger partial charge in [0.1, 0.15) is 5.54 Å². The standard InChI is InChI=1S/C22H33N3O2/c1-4-6-13-25-19-10-8-7-9-18(19)23-22(21(25)27)11-14-24(15-12-22)20(26)16-17(3)5-2/h7-10,17,23H,4-6,11-16H2,1-3H3/t17-/m0/s1. The van der Waals surface area contributed by atoms with E-state index in [0.29, 0.717) is 38.3 Å². The highest BCUT2D eigenvalue weighted by atomic mass is 16.2. The summed E-state index contributed by atoms with van der Waals surface area (Å²) in [6.07, 6.45) is 5.03. The normalized spacial score (nSPS) is 19.6. The number of nitrogens with one attached hydrogen (secondary N) is 1. The molecule has 0 aliphatic carbocycles. The number of likely N-dealkylation sites (tertiary alicyclic amines) is 1. The van der Waals surface area contributed by atoms with Gasteiger partial charge in [-0.2, -0.15) is 0 Å². The molecule has 1 spiro atoms. The van der Waals surface area contributed by atoms with E-state index in [1.165, 1.54) is 0 Å². The molecule has 2 aliphatic heterocycles. The zero-order valence-corrected chi connectivity index (χ0v) is 17.0. The lowest BCUT2D eigenvalue weighted by Gasteiger charge is -2.48. The van der Waals surface area contributed by atoms with Gasteiger partial charge in [0, 0.05) is 26.1 Å². The van der Waals surface area contributed by atoms with Crippen LogP contribution in [-0.4, -0.2) is 41.9 Å². The SMILES string of the molecule is CCCCN1C(=O)C2(CCN(C(=O)C[C@@H](C)CC)CC2)Nc2ccccc21. The van der Waals surface area contributed by atoms with Crippen LogP contribution in [-0.2, 0) is 9.59 Å². The highest BCUT2D eigenvalue weighted by Gasteiger charge is 2.47. The number of hydrogen-bond acceptors (Lipinski definition) is 3. The first-order chi connectivity index (χ1) is 13.0. The Balaban J connectivity index is 1.75. The summed E-state index contributed by atoms with van der Waals surface area (Å²) in [5.41, 5.74) is 1.44. The van der Waals surface area contributed by atoms with E-state index in [1.54, 1.807) is 0 Å². The molecule has 0 radical (unpaired) electrons. The Kier molecular flexibility index (Phi) is 6.08. The van der Waals surface area contributed by atoms with E-state index in [0.717, 1.165) is 37.2 Å². The minimum atomic E-state index is -0.574. The number of anilines is 2. The molecule has 0 bridgehead atoms. The molecule has 0 saturated carbocycles. The van der Waals surface area contributed by atoms with Gasteiger partial charge < -0.3 is 15.1 Å². The first-order valence-corrected chi connectivity index (χ1v) is 10.5. The Bertz CT molecular complexity index is 680. The van der Waals surface area contributed by atoms with E-state index in [2.05, 4.69) is 32.2 Å². The quantitative estimate of drug-likeness (QED) is 0.821. The predicted octanol–water partition coefficient (Wildman–Crippen LogP) is 4.04. The third kappa shape index (κ3) is 3.97. The fraction of sp³-hybridized carbons (Fsp3) is 0.636. The molecule has 1 aromatic carbocycles. The lowest BCUT2D eigenvalue weighted by molar-refractivity contribution is -0.136. The van der Waals surface area contributed by atoms with Crippen molar-refractivity contribution in [2.45, 2.75) is 64.8 Å². The van der Waals surface area contributed by atoms with E-state index >= 15 is 0 Å². The number of rotatable bonds is 6. The van der Waals surface area contributed by atoms with Gasteiger partial charge in [0.15, 0.2) is 0 Å². The average molecular weight is 372 g/mol. The molecule has 2 heterocycles. The molecule has 1 N–H and O–H groups in total. The van der Waals surface area contributed by atoms with Crippen molar-refractivity contribution in [1.82, 2.24) is 4.90 Å². The van der Waals surface area contributed by atoms with Gasteiger partial charge in [-0.15, -0.1) is 0 Å². The summed E-state index contributed by atoms with van der Waals surface area (Å²) < 4.78 is 0. The first-order valence-electron chi connectivity index (χ1n) is 10.5. The Labute approximate surface area is 163 Å². The molecule has 3 rings (SSSR count). The van der Waals surface area contributed by atoms with Crippen LogP contribution in [0.4, 0.5) is 11.4 Å². The number of piperidine rings is 1. The number of benzene rings is 1. The average Bonchev–Trinajstić information content (AvgIpc) is 2.69. The number of unbranched alkanes of at least 4 members (excludes halogenated alkanes) is 1. The second kappa shape index (κ2) is 8.32. The number of para-hydroxylation sites is 2. The highest BCUT2D eigenvalue weighted by molar-refractivity contribution is 6.08. The molecule has 27 heavy (non-hydrogen) atoms. The van der Waals surface area contributed by atoms with Crippen molar-refractivity contribution in [3.63, 3.8) is 0 Å². The van der Waals surface area contributed by atoms with E-state index < -0.39 is 5.54 Å². The highest BCUT2D eigenvalue weighted by Crippen LogP contribution is 2.40. The molecule has 5 nitrogen and oxygen atoms in total. The molecule has 0 unspecified atom stereocenters. The maximum absolute atomic E-state index is 13.4. The second-order valence-corrected chi connectivity index (χ2v) is 8.13. The van der Waals surface area contributed by atoms with Gasteiger partial charge in [0.2, 0.25) is 5.91 Å². The molecule has 0 aromatic heterocycles. The molecular weight excluding hydrogens is 338 g/mol. The lowest BCUT2D eigenvalue weighted by Crippen LogP contribution is -2.62. The lowest BCUT2D eigenvalue weighted by atomic mass is 9.83. The van der Waals surface area contributed by atoms with Gasteiger partial charge >= 0.3 is 0 Å². The molecule has 148 valence electrons. The first kappa shape index (κ1) is 19.7. The van der Waals surface area contributed by atoms with Crippen LogP contribution < -0.4 is 10.2 Å². The van der Waals surface area contributed by atoms with Crippen molar-refractivity contribution in [2.24, 2.45) is 5.92 Å². The van der Waals surface area contributed by atoms with Crippen LogP contribution in [0.1, 0.15) is 59.3 Å². The van der Waals surface area contributed by atoms with Crippen LogP contribution in [0.2, 0.25) is 0 Å². The van der Waals surface area contributed by atoms with Gasteiger partial charge in [0.25, 0.3) is 5.91 Å². The number of carbonyl (C=O) groups is 2. The van der Waals surface area contributed by atoms with Crippen LogP contribution in [0.3, 0.4) is 0 Å².